The van der Waals surface area contributed by atoms with Gasteiger partial charge in [-0.1, -0.05) is 55.8 Å². The summed E-state index contributed by atoms with van der Waals surface area (Å²) in [6, 6.07) is 13.2. The molecule has 1 aromatic heterocycles. The van der Waals surface area contributed by atoms with Gasteiger partial charge in [-0.2, -0.15) is 4.31 Å². The molecule has 1 aliphatic heterocycles. The number of benzene rings is 2. The molecule has 9 nitrogen and oxygen atoms in total. The molecule has 2 N–H and O–H groups in total. The summed E-state index contributed by atoms with van der Waals surface area (Å²) in [7, 11) is -3.98. The third-order valence-corrected chi connectivity index (χ3v) is 10.9. The molecule has 0 aliphatic carbocycles. The van der Waals surface area contributed by atoms with Gasteiger partial charge in [-0.05, 0) is 87.4 Å². The van der Waals surface area contributed by atoms with E-state index in [-0.39, 0.29) is 60.4 Å². The normalized spacial score (nSPS) is 18.8. The van der Waals surface area contributed by atoms with Crippen molar-refractivity contribution < 1.29 is 27.1 Å². The Bertz CT molecular complexity index is 1680. The van der Waals surface area contributed by atoms with Crippen LogP contribution in [0, 0.1) is 11.7 Å². The van der Waals surface area contributed by atoms with Crippen molar-refractivity contribution in [2.24, 2.45) is 11.7 Å². The molecule has 48 heavy (non-hydrogen) atoms. The fourth-order valence-electron chi connectivity index (χ4n) is 6.45. The zero-order valence-electron chi connectivity index (χ0n) is 28.4. The van der Waals surface area contributed by atoms with Crippen LogP contribution in [0.15, 0.2) is 71.9 Å². The number of amides is 1. The van der Waals surface area contributed by atoms with E-state index in [4.69, 9.17) is 22.1 Å². The van der Waals surface area contributed by atoms with E-state index in [0.717, 1.165) is 11.8 Å². The number of ether oxygens (including phenoxy) is 1. The van der Waals surface area contributed by atoms with E-state index in [1.165, 1.54) is 27.5 Å². The summed E-state index contributed by atoms with van der Waals surface area (Å²) in [6.07, 6.45) is 2.12. The molecular weight excluding hydrogens is 655 g/mol. The van der Waals surface area contributed by atoms with Crippen molar-refractivity contribution in [1.82, 2.24) is 14.2 Å². The summed E-state index contributed by atoms with van der Waals surface area (Å²) in [5, 5.41) is 0.577. The van der Waals surface area contributed by atoms with Gasteiger partial charge in [0.15, 0.2) is 5.78 Å². The van der Waals surface area contributed by atoms with Crippen molar-refractivity contribution in [3.8, 4) is 0 Å². The van der Waals surface area contributed by atoms with E-state index in [1.54, 1.807) is 58.0 Å². The van der Waals surface area contributed by atoms with Crippen molar-refractivity contribution in [3.63, 3.8) is 0 Å². The van der Waals surface area contributed by atoms with Crippen molar-refractivity contribution in [1.29, 1.82) is 0 Å². The van der Waals surface area contributed by atoms with E-state index < -0.39 is 45.7 Å². The summed E-state index contributed by atoms with van der Waals surface area (Å²) >= 11 is 6.08. The van der Waals surface area contributed by atoms with Gasteiger partial charge >= 0.3 is 6.09 Å². The highest BCUT2D eigenvalue weighted by molar-refractivity contribution is 7.89. The van der Waals surface area contributed by atoms with Crippen LogP contribution in [0.2, 0.25) is 5.02 Å². The van der Waals surface area contributed by atoms with Crippen LogP contribution in [-0.4, -0.2) is 71.3 Å². The van der Waals surface area contributed by atoms with Crippen LogP contribution in [0.3, 0.4) is 0 Å². The van der Waals surface area contributed by atoms with Crippen LogP contribution in [0.25, 0.3) is 0 Å². The van der Waals surface area contributed by atoms with Gasteiger partial charge in [0.2, 0.25) is 10.0 Å². The molecule has 1 fully saturated rings. The molecule has 260 valence electrons. The maximum Gasteiger partial charge on any atom is 0.410 e. The van der Waals surface area contributed by atoms with Crippen LogP contribution < -0.4 is 5.73 Å². The first-order valence-corrected chi connectivity index (χ1v) is 18.0. The Kier molecular flexibility index (Phi) is 12.0. The smallest absolute Gasteiger partial charge is 0.410 e. The highest BCUT2D eigenvalue weighted by atomic mass is 35.5. The number of aromatic nitrogens is 1. The maximum absolute atomic E-state index is 15.5. The topological polar surface area (TPSA) is 123 Å². The standard InChI is InChI=1S/C36H46ClFN4O5S/c1-23(2)33(25-12-14-27(37)15-13-25)34(39)32(43)18-26-19-40-20-31(38)30(26)17-16-28-22-41(35(44)47-36(4,5)6)21-24(3)42(28)48(45,46)29-10-8-7-9-11-29/h7-15,19-20,23-24,28,33-34H,16-18,21-22,39H2,1-6H3/t24-,28-,33+,34+/m0/s1. The second-order valence-corrected chi connectivity index (χ2v) is 16.1. The predicted molar refractivity (Wildman–Crippen MR) is 185 cm³/mol. The molecule has 0 bridgehead atoms. The SMILES string of the molecule is CC(C)[C@H](c1ccc(Cl)cc1)[C@H](N)C(=O)Cc1cncc(F)c1CC[C@H]1CN(C(=O)OC(C)(C)C)C[C@H](C)N1S(=O)(=O)c1ccccc1. The van der Waals surface area contributed by atoms with Gasteiger partial charge < -0.3 is 15.4 Å². The maximum atomic E-state index is 15.5. The van der Waals surface area contributed by atoms with Crippen LogP contribution in [0.5, 0.6) is 0 Å². The molecule has 3 aromatic rings. The Labute approximate surface area is 288 Å². The number of carbonyl (C=O) groups is 2. The van der Waals surface area contributed by atoms with Crippen LogP contribution >= 0.6 is 11.6 Å². The number of piperazine rings is 1. The fraction of sp³-hybridized carbons (Fsp3) is 0.472. The Balaban J connectivity index is 1.61. The van der Waals surface area contributed by atoms with Gasteiger partial charge in [0, 0.05) is 48.7 Å². The molecule has 1 aliphatic rings. The monoisotopic (exact) mass is 700 g/mol. The lowest BCUT2D eigenvalue weighted by Gasteiger charge is -2.44. The fourth-order valence-corrected chi connectivity index (χ4v) is 8.43. The summed E-state index contributed by atoms with van der Waals surface area (Å²) < 4.78 is 50.5. The minimum absolute atomic E-state index is 0.0361. The van der Waals surface area contributed by atoms with Crippen molar-refractivity contribution in [2.75, 3.05) is 13.1 Å². The summed E-state index contributed by atoms with van der Waals surface area (Å²) in [5.41, 5.74) is 7.35. The van der Waals surface area contributed by atoms with Gasteiger partial charge in [0.25, 0.3) is 0 Å². The highest BCUT2D eigenvalue weighted by Crippen LogP contribution is 2.31. The molecule has 0 unspecified atom stereocenters. The zero-order chi connectivity index (χ0) is 35.4. The van der Waals surface area contributed by atoms with Gasteiger partial charge in [0.05, 0.1) is 17.1 Å². The molecule has 4 rings (SSSR count). The number of rotatable bonds is 11. The van der Waals surface area contributed by atoms with Crippen LogP contribution in [0.1, 0.15) is 70.6 Å². The largest absolute Gasteiger partial charge is 0.444 e. The van der Waals surface area contributed by atoms with E-state index >= 15 is 4.39 Å². The van der Waals surface area contributed by atoms with Crippen molar-refractivity contribution in [2.45, 2.75) is 95.3 Å². The molecule has 4 atom stereocenters. The number of pyridine rings is 1. The second kappa shape index (κ2) is 15.4. The van der Waals surface area contributed by atoms with Crippen molar-refractivity contribution in [3.05, 3.63) is 94.5 Å². The third kappa shape index (κ3) is 8.99. The average molecular weight is 701 g/mol. The number of halogens is 2. The third-order valence-electron chi connectivity index (χ3n) is 8.60. The number of nitrogens with two attached hydrogens (primary N) is 1. The molecule has 0 saturated carbocycles. The number of hydrogen-bond donors (Lipinski definition) is 1. The number of hydrogen-bond acceptors (Lipinski definition) is 7. The summed E-state index contributed by atoms with van der Waals surface area (Å²) in [4.78, 5) is 32.4. The van der Waals surface area contributed by atoms with E-state index in [9.17, 15) is 18.0 Å². The molecule has 2 aromatic carbocycles. The Morgan fingerprint density at radius 2 is 1.71 bits per heavy atom. The van der Waals surface area contributed by atoms with E-state index in [2.05, 4.69) is 4.98 Å². The number of Topliss-reactive ketones (excluding diaryl/α,β-unsaturated/α-hetero) is 1. The molecule has 1 saturated heterocycles. The Morgan fingerprint density at radius 1 is 1.06 bits per heavy atom. The lowest BCUT2D eigenvalue weighted by molar-refractivity contribution is -0.120. The zero-order valence-corrected chi connectivity index (χ0v) is 30.0. The summed E-state index contributed by atoms with van der Waals surface area (Å²) in [6.45, 7) is 11.2. The minimum atomic E-state index is -3.98. The van der Waals surface area contributed by atoms with Crippen LogP contribution in [0.4, 0.5) is 9.18 Å². The lowest BCUT2D eigenvalue weighted by atomic mass is 9.80. The van der Waals surface area contributed by atoms with Gasteiger partial charge in [-0.15, -0.1) is 0 Å². The average Bonchev–Trinajstić information content (AvgIpc) is 3.00. The van der Waals surface area contributed by atoms with Gasteiger partial charge in [-0.3, -0.25) is 9.78 Å². The molecule has 12 heteroatoms. The van der Waals surface area contributed by atoms with E-state index in [0.29, 0.717) is 10.6 Å². The highest BCUT2D eigenvalue weighted by Gasteiger charge is 2.42. The lowest BCUT2D eigenvalue weighted by Crippen LogP contribution is -2.61. The van der Waals surface area contributed by atoms with Gasteiger partial charge in [-0.25, -0.2) is 17.6 Å². The first-order chi connectivity index (χ1) is 22.5. The molecule has 0 spiro atoms. The number of carbonyl (C=O) groups excluding carboxylic acids is 2. The quantitative estimate of drug-likeness (QED) is 0.246. The molecule has 2 heterocycles. The second-order valence-electron chi connectivity index (χ2n) is 13.8. The number of ketones is 1. The molecule has 0 radical (unpaired) electrons. The van der Waals surface area contributed by atoms with Crippen LogP contribution in [-0.2, 0) is 32.4 Å². The minimum Gasteiger partial charge on any atom is -0.444 e. The molecule has 1 amide bonds. The Morgan fingerprint density at radius 3 is 2.31 bits per heavy atom. The van der Waals surface area contributed by atoms with Crippen molar-refractivity contribution >= 4 is 33.5 Å². The predicted octanol–water partition coefficient (Wildman–Crippen LogP) is 6.38. The molecular formula is C36H46ClFN4O5S. The van der Waals surface area contributed by atoms with Gasteiger partial charge in [0.1, 0.15) is 11.4 Å². The van der Waals surface area contributed by atoms with E-state index in [1.807, 2.05) is 26.0 Å². The first kappa shape index (κ1) is 37.4. The number of sulfonamides is 1. The summed E-state index contributed by atoms with van der Waals surface area (Å²) in [5.74, 6) is -1.13. The Hall–Kier alpha value is -3.38. The first-order valence-electron chi connectivity index (χ1n) is 16.2. The number of nitrogens with zero attached hydrogens (tertiary/aromatic N) is 3.